The molecular weight excluding hydrogens is 468 g/mol. The van der Waals surface area contributed by atoms with Gasteiger partial charge in [-0.15, -0.1) is 13.2 Å². The Morgan fingerprint density at radius 2 is 1.60 bits per heavy atom. The van der Waals surface area contributed by atoms with Crippen molar-refractivity contribution in [2.45, 2.75) is 18.5 Å². The van der Waals surface area contributed by atoms with Gasteiger partial charge in [0.25, 0.3) is 0 Å². The van der Waals surface area contributed by atoms with Crippen molar-refractivity contribution in [2.24, 2.45) is 0 Å². The van der Waals surface area contributed by atoms with Gasteiger partial charge in [-0.05, 0) is 35.4 Å². The van der Waals surface area contributed by atoms with Gasteiger partial charge in [-0.2, -0.15) is 13.2 Å². The van der Waals surface area contributed by atoms with Crippen LogP contribution in [0.25, 0.3) is 6.08 Å². The third-order valence-electron chi connectivity index (χ3n) is 3.66. The fourth-order valence-electron chi connectivity index (χ4n) is 2.40. The van der Waals surface area contributed by atoms with E-state index in [9.17, 15) is 35.5 Å². The van der Waals surface area contributed by atoms with E-state index in [0.29, 0.717) is 12.1 Å². The van der Waals surface area contributed by atoms with Gasteiger partial charge in [0.15, 0.2) is 5.82 Å². The van der Waals surface area contributed by atoms with Crippen molar-refractivity contribution >= 4 is 35.2 Å². The summed E-state index contributed by atoms with van der Waals surface area (Å²) in [7, 11) is 0. The Bertz CT molecular complexity index is 962. The molecule has 0 aliphatic heterocycles. The first-order valence-corrected chi connectivity index (χ1v) is 8.47. The molecule has 1 atom stereocenters. The fraction of sp³-hybridized carbons (Fsp3) is 0.167. The molecule has 162 valence electrons. The van der Waals surface area contributed by atoms with Crippen molar-refractivity contribution in [1.82, 2.24) is 0 Å². The van der Waals surface area contributed by atoms with Crippen LogP contribution in [0.4, 0.5) is 30.7 Å². The van der Waals surface area contributed by atoms with E-state index in [0.717, 1.165) is 30.3 Å². The minimum atomic E-state index is -5.22. The maximum Gasteiger partial charge on any atom is 0.573 e. The number of hydrogen-bond acceptors (Lipinski definition) is 2. The lowest BCUT2D eigenvalue weighted by atomic mass is 9.96. The smallest absolute Gasteiger partial charge is 0.478 e. The summed E-state index contributed by atoms with van der Waals surface area (Å²) in [6.45, 7) is 0. The molecule has 2 aromatic rings. The van der Waals surface area contributed by atoms with Crippen LogP contribution in [0.5, 0.6) is 5.75 Å². The first-order chi connectivity index (χ1) is 13.7. The van der Waals surface area contributed by atoms with Gasteiger partial charge in [-0.25, -0.2) is 9.18 Å². The van der Waals surface area contributed by atoms with Crippen LogP contribution in [0.3, 0.4) is 0 Å². The van der Waals surface area contributed by atoms with E-state index in [4.69, 9.17) is 28.3 Å². The maximum atomic E-state index is 13.5. The molecule has 2 aromatic carbocycles. The molecule has 0 saturated carbocycles. The Morgan fingerprint density at radius 1 is 1.03 bits per heavy atom. The highest BCUT2D eigenvalue weighted by Crippen LogP contribution is 2.39. The number of aromatic carboxylic acids is 1. The predicted octanol–water partition coefficient (Wildman–Crippen LogP) is 7.09. The fourth-order valence-corrected chi connectivity index (χ4v) is 2.90. The summed E-state index contributed by atoms with van der Waals surface area (Å²) in [5.41, 5.74) is -1.56. The molecule has 0 aliphatic rings. The van der Waals surface area contributed by atoms with Gasteiger partial charge in [0.05, 0.1) is 16.0 Å². The normalized spacial score (nSPS) is 13.5. The molecule has 0 aromatic heterocycles. The molecule has 0 aliphatic carbocycles. The van der Waals surface area contributed by atoms with Gasteiger partial charge in [0.2, 0.25) is 0 Å². The van der Waals surface area contributed by atoms with E-state index in [1.165, 1.54) is 0 Å². The van der Waals surface area contributed by atoms with Crippen molar-refractivity contribution in [1.29, 1.82) is 0 Å². The number of benzene rings is 2. The van der Waals surface area contributed by atoms with E-state index in [1.807, 2.05) is 0 Å². The number of alkyl halides is 6. The Labute approximate surface area is 174 Å². The van der Waals surface area contributed by atoms with Crippen LogP contribution in [0, 0.1) is 5.82 Å². The topological polar surface area (TPSA) is 46.5 Å². The Morgan fingerprint density at radius 3 is 2.07 bits per heavy atom. The lowest BCUT2D eigenvalue weighted by Gasteiger charge is -2.18. The number of rotatable bonds is 5. The second kappa shape index (κ2) is 8.73. The summed E-state index contributed by atoms with van der Waals surface area (Å²) in [6.07, 6.45) is -8.72. The monoisotopic (exact) mass is 476 g/mol. The highest BCUT2D eigenvalue weighted by molar-refractivity contribution is 6.35. The van der Waals surface area contributed by atoms with Gasteiger partial charge >= 0.3 is 18.5 Å². The summed E-state index contributed by atoms with van der Waals surface area (Å²) in [6, 6.07) is 3.79. The predicted molar refractivity (Wildman–Crippen MR) is 94.3 cm³/mol. The van der Waals surface area contributed by atoms with Crippen LogP contribution < -0.4 is 4.74 Å². The van der Waals surface area contributed by atoms with Crippen LogP contribution in [-0.4, -0.2) is 23.6 Å². The number of allylic oxidation sites excluding steroid dienone is 1. The lowest BCUT2D eigenvalue weighted by Crippen LogP contribution is -2.19. The summed E-state index contributed by atoms with van der Waals surface area (Å²) in [4.78, 5) is 11.0. The second-order valence-corrected chi connectivity index (χ2v) is 6.60. The molecule has 0 saturated heterocycles. The first kappa shape index (κ1) is 23.8. The number of carbonyl (C=O) groups is 1. The number of hydrogen-bond donors (Lipinski definition) is 1. The third-order valence-corrected chi connectivity index (χ3v) is 4.21. The van der Waals surface area contributed by atoms with Gasteiger partial charge in [-0.3, -0.25) is 0 Å². The number of carboxylic acid groups (broad SMARTS) is 1. The van der Waals surface area contributed by atoms with E-state index >= 15 is 0 Å². The molecule has 0 amide bonds. The molecule has 0 heterocycles. The Balaban J connectivity index is 2.48. The molecule has 30 heavy (non-hydrogen) atoms. The zero-order valence-electron chi connectivity index (χ0n) is 14.3. The quantitative estimate of drug-likeness (QED) is 0.370. The minimum absolute atomic E-state index is 0.215. The second-order valence-electron chi connectivity index (χ2n) is 5.79. The summed E-state index contributed by atoms with van der Waals surface area (Å²) in [5, 5.41) is 7.64. The number of carboxylic acids is 1. The Hall–Kier alpha value is -2.46. The van der Waals surface area contributed by atoms with Crippen molar-refractivity contribution in [3.8, 4) is 5.75 Å². The van der Waals surface area contributed by atoms with Gasteiger partial charge in [0, 0.05) is 0 Å². The van der Waals surface area contributed by atoms with E-state index in [1.54, 1.807) is 0 Å². The highest BCUT2D eigenvalue weighted by atomic mass is 35.5. The standard InChI is InChI=1S/C18H9Cl2F7O3/c19-12-6-9(7-13(20)15(12)21)11(17(22,23)24)4-2-8-1-3-10(16(28)29)14(5-8)30-18(25,26)27/h1-7,11H,(H,28,29). The van der Waals surface area contributed by atoms with Crippen molar-refractivity contribution in [3.05, 3.63) is 69.0 Å². The molecule has 2 rings (SSSR count). The van der Waals surface area contributed by atoms with Crippen LogP contribution in [0.1, 0.15) is 27.4 Å². The maximum absolute atomic E-state index is 13.5. The molecule has 12 heteroatoms. The highest BCUT2D eigenvalue weighted by Gasteiger charge is 2.39. The first-order valence-electron chi connectivity index (χ1n) is 7.71. The zero-order chi connectivity index (χ0) is 22.9. The van der Waals surface area contributed by atoms with Crippen molar-refractivity contribution in [3.63, 3.8) is 0 Å². The van der Waals surface area contributed by atoms with Crippen LogP contribution in [-0.2, 0) is 0 Å². The molecule has 0 spiro atoms. The molecule has 1 unspecified atom stereocenters. The molecule has 3 nitrogen and oxygen atoms in total. The number of halogens is 9. The molecule has 1 N–H and O–H groups in total. The van der Waals surface area contributed by atoms with Gasteiger partial charge < -0.3 is 9.84 Å². The van der Waals surface area contributed by atoms with Crippen LogP contribution in [0.15, 0.2) is 36.4 Å². The summed E-state index contributed by atoms with van der Waals surface area (Å²) >= 11 is 11.1. The lowest BCUT2D eigenvalue weighted by molar-refractivity contribution is -0.274. The number of ether oxygens (including phenoxy) is 1. The van der Waals surface area contributed by atoms with Crippen LogP contribution >= 0.6 is 23.2 Å². The summed E-state index contributed by atoms with van der Waals surface area (Å²) < 4.78 is 94.9. The zero-order valence-corrected chi connectivity index (χ0v) is 15.8. The van der Waals surface area contributed by atoms with Crippen molar-refractivity contribution < 1.29 is 45.4 Å². The van der Waals surface area contributed by atoms with E-state index in [-0.39, 0.29) is 5.56 Å². The molecular formula is C18H9Cl2F7O3. The van der Waals surface area contributed by atoms with Crippen LogP contribution in [0.2, 0.25) is 10.0 Å². The van der Waals surface area contributed by atoms with E-state index in [2.05, 4.69) is 4.74 Å². The molecule has 0 fully saturated rings. The minimum Gasteiger partial charge on any atom is -0.478 e. The van der Waals surface area contributed by atoms with Gasteiger partial charge in [0.1, 0.15) is 11.3 Å². The average Bonchev–Trinajstić information content (AvgIpc) is 2.57. The molecule has 0 radical (unpaired) electrons. The average molecular weight is 477 g/mol. The SMILES string of the molecule is O=C(O)c1ccc(C=CC(c2cc(Cl)c(F)c(Cl)c2)C(F)(F)F)cc1OC(F)(F)F. The van der Waals surface area contributed by atoms with Crippen molar-refractivity contribution in [2.75, 3.05) is 0 Å². The van der Waals surface area contributed by atoms with E-state index < -0.39 is 57.2 Å². The largest absolute Gasteiger partial charge is 0.573 e. The van der Waals surface area contributed by atoms with Gasteiger partial charge in [-0.1, -0.05) is 41.4 Å². The Kier molecular flexibility index (Phi) is 6.93. The summed E-state index contributed by atoms with van der Waals surface area (Å²) in [5.74, 6) is -6.27. The third kappa shape index (κ3) is 6.02. The molecule has 0 bridgehead atoms.